The second-order valence-corrected chi connectivity index (χ2v) is 5.91. The molecule has 8 heteroatoms. The summed E-state index contributed by atoms with van der Waals surface area (Å²) in [6, 6.07) is 2.25. The zero-order valence-electron chi connectivity index (χ0n) is 13.6. The van der Waals surface area contributed by atoms with Crippen LogP contribution >= 0.6 is 24.8 Å². The Labute approximate surface area is 150 Å². The van der Waals surface area contributed by atoms with Crippen LogP contribution in [-0.2, 0) is 0 Å². The zero-order valence-corrected chi connectivity index (χ0v) is 15.2. The van der Waals surface area contributed by atoms with Gasteiger partial charge < -0.3 is 15.1 Å². The molecule has 1 unspecified atom stereocenters. The van der Waals surface area contributed by atoms with E-state index in [1.165, 1.54) is 6.42 Å². The average Bonchev–Trinajstić information content (AvgIpc) is 3.05. The van der Waals surface area contributed by atoms with Gasteiger partial charge in [0.05, 0.1) is 6.04 Å². The van der Waals surface area contributed by atoms with Crippen LogP contribution in [-0.4, -0.2) is 71.3 Å². The van der Waals surface area contributed by atoms with Crippen LogP contribution in [0.5, 0.6) is 0 Å². The highest BCUT2D eigenvalue weighted by Gasteiger charge is 2.24. The number of rotatable bonds is 3. The molecule has 2 saturated heterocycles. The molecule has 3 heterocycles. The number of hydrogen-bond acceptors (Lipinski definition) is 4. The number of aromatic nitrogens is 2. The first-order valence-corrected chi connectivity index (χ1v) is 8.05. The van der Waals surface area contributed by atoms with Gasteiger partial charge in [-0.1, -0.05) is 6.92 Å². The van der Waals surface area contributed by atoms with Crippen molar-refractivity contribution in [3.8, 4) is 0 Å². The van der Waals surface area contributed by atoms with Gasteiger partial charge in [0, 0.05) is 38.9 Å². The molecule has 1 N–H and O–H groups in total. The standard InChI is InChI=1S/C15H25N5O.2ClH/c1-2-18-8-10-19(11-9-18)15(21)14-5-7-20(17-14)13-4-3-6-16-12-13;;/h5,7,13,16H,2-4,6,8-12H2,1H3;2*1H. The highest BCUT2D eigenvalue weighted by molar-refractivity contribution is 5.92. The molecule has 23 heavy (non-hydrogen) atoms. The lowest BCUT2D eigenvalue weighted by atomic mass is 10.1. The Hall–Kier alpha value is -0.820. The number of carbonyl (C=O) groups excluding carboxylic acids is 1. The fourth-order valence-electron chi connectivity index (χ4n) is 3.14. The summed E-state index contributed by atoms with van der Waals surface area (Å²) in [6.45, 7) is 8.82. The maximum atomic E-state index is 12.5. The van der Waals surface area contributed by atoms with Crippen molar-refractivity contribution in [1.29, 1.82) is 0 Å². The van der Waals surface area contributed by atoms with Crippen LogP contribution in [0.4, 0.5) is 0 Å². The molecule has 0 bridgehead atoms. The second-order valence-electron chi connectivity index (χ2n) is 5.91. The van der Waals surface area contributed by atoms with E-state index in [9.17, 15) is 4.79 Å². The summed E-state index contributed by atoms with van der Waals surface area (Å²) >= 11 is 0. The van der Waals surface area contributed by atoms with Crippen molar-refractivity contribution in [2.75, 3.05) is 45.8 Å². The van der Waals surface area contributed by atoms with Gasteiger partial charge in [-0.25, -0.2) is 0 Å². The number of nitrogens with zero attached hydrogens (tertiary/aromatic N) is 4. The van der Waals surface area contributed by atoms with E-state index in [1.807, 2.05) is 21.8 Å². The normalized spacial score (nSPS) is 22.1. The molecule has 2 aliphatic heterocycles. The van der Waals surface area contributed by atoms with E-state index < -0.39 is 0 Å². The van der Waals surface area contributed by atoms with Crippen LogP contribution in [0.1, 0.15) is 36.3 Å². The van der Waals surface area contributed by atoms with Gasteiger partial charge in [0.15, 0.2) is 0 Å². The van der Waals surface area contributed by atoms with Crippen LogP contribution in [0.25, 0.3) is 0 Å². The van der Waals surface area contributed by atoms with Gasteiger partial charge in [0.2, 0.25) is 0 Å². The van der Waals surface area contributed by atoms with Gasteiger partial charge in [0.25, 0.3) is 5.91 Å². The molecule has 0 radical (unpaired) electrons. The molecular formula is C15H27Cl2N5O. The smallest absolute Gasteiger partial charge is 0.274 e. The summed E-state index contributed by atoms with van der Waals surface area (Å²) in [5.74, 6) is 0.0771. The fourth-order valence-corrected chi connectivity index (χ4v) is 3.14. The number of piperazine rings is 1. The molecule has 132 valence electrons. The van der Waals surface area contributed by atoms with Crippen molar-refractivity contribution in [2.45, 2.75) is 25.8 Å². The lowest BCUT2D eigenvalue weighted by molar-refractivity contribution is 0.0636. The summed E-state index contributed by atoms with van der Waals surface area (Å²) in [5, 5.41) is 7.90. The van der Waals surface area contributed by atoms with Crippen LogP contribution in [0, 0.1) is 0 Å². The summed E-state index contributed by atoms with van der Waals surface area (Å²) in [5.41, 5.74) is 0.588. The molecule has 1 amide bonds. The zero-order chi connectivity index (χ0) is 14.7. The maximum Gasteiger partial charge on any atom is 0.274 e. The van der Waals surface area contributed by atoms with Gasteiger partial charge in [-0.2, -0.15) is 5.10 Å². The second kappa shape index (κ2) is 9.47. The molecule has 6 nitrogen and oxygen atoms in total. The van der Waals surface area contributed by atoms with E-state index in [0.29, 0.717) is 11.7 Å². The third-order valence-corrected chi connectivity index (χ3v) is 4.58. The Morgan fingerprint density at radius 2 is 2.04 bits per heavy atom. The Bertz CT molecular complexity index is 482. The Morgan fingerprint density at radius 3 is 2.65 bits per heavy atom. The van der Waals surface area contributed by atoms with Gasteiger partial charge in [-0.05, 0) is 32.0 Å². The molecule has 2 aliphatic rings. The summed E-state index contributed by atoms with van der Waals surface area (Å²) in [4.78, 5) is 16.8. The quantitative estimate of drug-likeness (QED) is 0.882. The minimum atomic E-state index is 0. The van der Waals surface area contributed by atoms with E-state index in [1.54, 1.807) is 0 Å². The fraction of sp³-hybridized carbons (Fsp3) is 0.733. The molecule has 0 saturated carbocycles. The highest BCUT2D eigenvalue weighted by atomic mass is 35.5. The van der Waals surface area contributed by atoms with Gasteiger partial charge in [0.1, 0.15) is 5.69 Å². The van der Waals surface area contributed by atoms with Gasteiger partial charge >= 0.3 is 0 Å². The van der Waals surface area contributed by atoms with Gasteiger partial charge in [-0.15, -0.1) is 24.8 Å². The first-order valence-electron chi connectivity index (χ1n) is 8.05. The van der Waals surface area contributed by atoms with E-state index in [0.717, 1.165) is 52.2 Å². The molecule has 1 atom stereocenters. The van der Waals surface area contributed by atoms with Crippen molar-refractivity contribution in [3.63, 3.8) is 0 Å². The largest absolute Gasteiger partial charge is 0.335 e. The highest BCUT2D eigenvalue weighted by Crippen LogP contribution is 2.16. The minimum absolute atomic E-state index is 0. The van der Waals surface area contributed by atoms with Crippen LogP contribution in [0.15, 0.2) is 12.3 Å². The molecule has 1 aromatic rings. The number of carbonyl (C=O) groups is 1. The Kier molecular flexibility index (Phi) is 8.33. The van der Waals surface area contributed by atoms with E-state index >= 15 is 0 Å². The van der Waals surface area contributed by atoms with Crippen molar-refractivity contribution in [1.82, 2.24) is 24.9 Å². The van der Waals surface area contributed by atoms with E-state index in [-0.39, 0.29) is 30.7 Å². The number of hydrogen-bond donors (Lipinski definition) is 1. The first kappa shape index (κ1) is 20.2. The summed E-state index contributed by atoms with van der Waals surface area (Å²) in [7, 11) is 0. The third-order valence-electron chi connectivity index (χ3n) is 4.58. The minimum Gasteiger partial charge on any atom is -0.335 e. The predicted molar refractivity (Wildman–Crippen MR) is 95.9 cm³/mol. The van der Waals surface area contributed by atoms with Gasteiger partial charge in [-0.3, -0.25) is 9.48 Å². The summed E-state index contributed by atoms with van der Waals surface area (Å²) < 4.78 is 1.96. The number of likely N-dealkylation sites (N-methyl/N-ethyl adjacent to an activating group) is 1. The topological polar surface area (TPSA) is 53.4 Å². The predicted octanol–water partition coefficient (Wildman–Crippen LogP) is 1.43. The molecular weight excluding hydrogens is 337 g/mol. The van der Waals surface area contributed by atoms with Crippen molar-refractivity contribution in [3.05, 3.63) is 18.0 Å². The number of piperidine rings is 1. The van der Waals surface area contributed by atoms with Crippen LogP contribution in [0.3, 0.4) is 0 Å². The number of amides is 1. The van der Waals surface area contributed by atoms with E-state index in [4.69, 9.17) is 0 Å². The molecule has 2 fully saturated rings. The molecule has 0 aliphatic carbocycles. The lowest BCUT2D eigenvalue weighted by Crippen LogP contribution is -2.48. The lowest BCUT2D eigenvalue weighted by Gasteiger charge is -2.33. The third kappa shape index (κ3) is 4.83. The molecule has 0 aromatic carbocycles. The maximum absolute atomic E-state index is 12.5. The first-order chi connectivity index (χ1) is 10.3. The summed E-state index contributed by atoms with van der Waals surface area (Å²) in [6.07, 6.45) is 4.26. The molecule has 3 rings (SSSR count). The Balaban J connectivity index is 0.00000132. The Morgan fingerprint density at radius 1 is 1.30 bits per heavy atom. The van der Waals surface area contributed by atoms with Crippen LogP contribution < -0.4 is 5.32 Å². The number of nitrogens with one attached hydrogen (secondary N) is 1. The van der Waals surface area contributed by atoms with Crippen LogP contribution in [0.2, 0.25) is 0 Å². The molecule has 1 aromatic heterocycles. The SMILES string of the molecule is CCN1CCN(C(=O)c2ccn(C3CCCNC3)n2)CC1.Cl.Cl. The molecule has 0 spiro atoms. The number of halogens is 2. The van der Waals surface area contributed by atoms with Crippen molar-refractivity contribution >= 4 is 30.7 Å². The average molecular weight is 364 g/mol. The van der Waals surface area contributed by atoms with Crippen molar-refractivity contribution < 1.29 is 4.79 Å². The monoisotopic (exact) mass is 363 g/mol. The van der Waals surface area contributed by atoms with Crippen molar-refractivity contribution in [2.24, 2.45) is 0 Å². The van der Waals surface area contributed by atoms with E-state index in [2.05, 4.69) is 22.2 Å².